The summed E-state index contributed by atoms with van der Waals surface area (Å²) in [4.78, 5) is 12.5. The fourth-order valence-electron chi connectivity index (χ4n) is 3.57. The highest BCUT2D eigenvalue weighted by atomic mass is 16.5. The number of nitrogens with one attached hydrogen (secondary N) is 1. The van der Waals surface area contributed by atoms with Crippen LogP contribution in [0.3, 0.4) is 0 Å². The van der Waals surface area contributed by atoms with E-state index in [9.17, 15) is 4.79 Å². The average Bonchev–Trinajstić information content (AvgIpc) is 2.31. The molecule has 0 aromatic carbocycles. The molecule has 2 rings (SSSR count). The Labute approximate surface area is 104 Å². The minimum absolute atomic E-state index is 0.0137. The van der Waals surface area contributed by atoms with Crippen molar-refractivity contribution in [2.75, 3.05) is 0 Å². The van der Waals surface area contributed by atoms with Crippen LogP contribution in [0.25, 0.3) is 0 Å². The third-order valence-electron chi connectivity index (χ3n) is 4.20. The maximum atomic E-state index is 12.5. The highest BCUT2D eigenvalue weighted by Gasteiger charge is 2.56. The highest BCUT2D eigenvalue weighted by molar-refractivity contribution is 5.92. The van der Waals surface area contributed by atoms with Crippen LogP contribution < -0.4 is 5.32 Å². The topological polar surface area (TPSA) is 38.3 Å². The molecule has 2 aliphatic rings. The number of ketones is 1. The number of rotatable bonds is 1. The van der Waals surface area contributed by atoms with Crippen LogP contribution in [0.1, 0.15) is 53.9 Å². The van der Waals surface area contributed by atoms with Crippen molar-refractivity contribution in [1.29, 1.82) is 0 Å². The molecule has 3 heteroatoms. The predicted octanol–water partition coefficient (Wildman–Crippen LogP) is 2.29. The summed E-state index contributed by atoms with van der Waals surface area (Å²) < 4.78 is 5.96. The van der Waals surface area contributed by atoms with Crippen LogP contribution in [0.4, 0.5) is 0 Å². The second-order valence-electron chi connectivity index (χ2n) is 6.66. The Morgan fingerprint density at radius 1 is 1.24 bits per heavy atom. The zero-order chi connectivity index (χ0) is 12.8. The fraction of sp³-hybridized carbons (Fsp3) is 0.929. The van der Waals surface area contributed by atoms with Crippen molar-refractivity contribution in [2.45, 2.75) is 77.2 Å². The van der Waals surface area contributed by atoms with E-state index < -0.39 is 5.60 Å². The molecule has 3 atom stereocenters. The zero-order valence-electron chi connectivity index (χ0n) is 11.7. The molecular weight excluding hydrogens is 214 g/mol. The Balaban J connectivity index is 2.21. The molecule has 2 heterocycles. The number of ether oxygens (including phenoxy) is 1. The molecule has 0 saturated carbocycles. The van der Waals surface area contributed by atoms with Gasteiger partial charge in [-0.05, 0) is 47.5 Å². The first-order chi connectivity index (χ1) is 7.74. The van der Waals surface area contributed by atoms with Crippen LogP contribution in [0.5, 0.6) is 0 Å². The maximum absolute atomic E-state index is 12.5. The number of carbonyl (C=O) groups excluding carboxylic acids is 1. The van der Waals surface area contributed by atoms with E-state index in [1.54, 1.807) is 0 Å². The molecule has 2 aliphatic heterocycles. The summed E-state index contributed by atoms with van der Waals surface area (Å²) in [6, 6.07) is 0.795. The summed E-state index contributed by atoms with van der Waals surface area (Å²) >= 11 is 0. The second-order valence-corrected chi connectivity index (χ2v) is 6.66. The van der Waals surface area contributed by atoms with E-state index in [1.807, 2.05) is 27.7 Å². The van der Waals surface area contributed by atoms with Crippen LogP contribution in [-0.4, -0.2) is 29.1 Å². The molecule has 3 nitrogen and oxygen atoms in total. The van der Waals surface area contributed by atoms with E-state index in [4.69, 9.17) is 4.74 Å². The summed E-state index contributed by atoms with van der Waals surface area (Å²) in [6.45, 7) is 10.1. The minimum atomic E-state index is -0.628. The molecule has 0 spiro atoms. The van der Waals surface area contributed by atoms with Gasteiger partial charge in [-0.1, -0.05) is 6.42 Å². The molecule has 0 aliphatic carbocycles. The van der Waals surface area contributed by atoms with Crippen molar-refractivity contribution >= 4 is 5.78 Å². The first kappa shape index (κ1) is 13.0. The second kappa shape index (κ2) is 4.06. The first-order valence-electron chi connectivity index (χ1n) is 6.74. The zero-order valence-corrected chi connectivity index (χ0v) is 11.7. The molecule has 17 heavy (non-hydrogen) atoms. The van der Waals surface area contributed by atoms with E-state index in [2.05, 4.69) is 12.2 Å². The molecule has 0 amide bonds. The lowest BCUT2D eigenvalue weighted by atomic mass is 9.77. The lowest BCUT2D eigenvalue weighted by molar-refractivity contribution is -0.132. The molecule has 0 aromatic heterocycles. The van der Waals surface area contributed by atoms with Crippen molar-refractivity contribution in [3.05, 3.63) is 0 Å². The van der Waals surface area contributed by atoms with Gasteiger partial charge in [0, 0.05) is 12.1 Å². The smallest absolute Gasteiger partial charge is 0.171 e. The molecule has 0 bridgehead atoms. The summed E-state index contributed by atoms with van der Waals surface area (Å²) in [5, 5.41) is 3.58. The van der Waals surface area contributed by atoms with Crippen molar-refractivity contribution in [3.63, 3.8) is 0 Å². The Morgan fingerprint density at radius 3 is 2.35 bits per heavy atom. The quantitative estimate of drug-likeness (QED) is 0.763. The van der Waals surface area contributed by atoms with Gasteiger partial charge in [-0.3, -0.25) is 4.79 Å². The van der Waals surface area contributed by atoms with Gasteiger partial charge >= 0.3 is 0 Å². The van der Waals surface area contributed by atoms with Gasteiger partial charge < -0.3 is 10.1 Å². The van der Waals surface area contributed by atoms with Crippen molar-refractivity contribution in [1.82, 2.24) is 5.32 Å². The lowest BCUT2D eigenvalue weighted by Crippen LogP contribution is -2.52. The normalized spacial score (nSPS) is 40.5. The molecule has 0 aromatic rings. The van der Waals surface area contributed by atoms with Gasteiger partial charge in [0.2, 0.25) is 0 Å². The van der Waals surface area contributed by atoms with Gasteiger partial charge in [0.15, 0.2) is 5.78 Å². The molecule has 2 fully saturated rings. The Bertz CT molecular complexity index is 322. The Kier molecular flexibility index (Phi) is 3.11. The van der Waals surface area contributed by atoms with E-state index in [0.29, 0.717) is 6.04 Å². The van der Waals surface area contributed by atoms with Crippen LogP contribution in [0.15, 0.2) is 0 Å². The number of carbonyl (C=O) groups is 1. The van der Waals surface area contributed by atoms with Gasteiger partial charge in [-0.15, -0.1) is 0 Å². The van der Waals surface area contributed by atoms with Crippen LogP contribution in [-0.2, 0) is 9.53 Å². The Morgan fingerprint density at radius 2 is 1.88 bits per heavy atom. The number of Topliss-reactive ketones (excluding diaryl/α,β-unsaturated/α-hetero) is 1. The predicted molar refractivity (Wildman–Crippen MR) is 68.0 cm³/mol. The van der Waals surface area contributed by atoms with Gasteiger partial charge in [0.05, 0.1) is 11.5 Å². The fourth-order valence-corrected chi connectivity index (χ4v) is 3.57. The molecule has 3 unspecified atom stereocenters. The summed E-state index contributed by atoms with van der Waals surface area (Å²) in [7, 11) is 0. The monoisotopic (exact) mass is 239 g/mol. The first-order valence-corrected chi connectivity index (χ1v) is 6.74. The summed E-state index contributed by atoms with van der Waals surface area (Å²) in [5.41, 5.74) is -0.980. The van der Waals surface area contributed by atoms with E-state index in [0.717, 1.165) is 6.42 Å². The molecule has 0 radical (unpaired) electrons. The molecule has 2 saturated heterocycles. The number of hydrogen-bond donors (Lipinski definition) is 1. The van der Waals surface area contributed by atoms with Gasteiger partial charge in [-0.2, -0.15) is 0 Å². The van der Waals surface area contributed by atoms with Crippen LogP contribution in [0.2, 0.25) is 0 Å². The largest absolute Gasteiger partial charge is 0.361 e. The van der Waals surface area contributed by atoms with Crippen LogP contribution >= 0.6 is 0 Å². The molecule has 98 valence electrons. The van der Waals surface area contributed by atoms with Crippen LogP contribution in [0, 0.1) is 5.92 Å². The average molecular weight is 239 g/mol. The van der Waals surface area contributed by atoms with Crippen molar-refractivity contribution < 1.29 is 9.53 Å². The van der Waals surface area contributed by atoms with Gasteiger partial charge in [-0.25, -0.2) is 0 Å². The molecule has 1 N–H and O–H groups in total. The standard InChI is InChI=1S/C14H25NO2/c1-9-7-6-8-10(15-9)11-12(16)14(4,5)17-13(11,2)3/h9-11,15H,6-8H2,1-5H3. The lowest BCUT2D eigenvalue weighted by Gasteiger charge is -2.37. The maximum Gasteiger partial charge on any atom is 0.171 e. The third kappa shape index (κ3) is 2.27. The van der Waals surface area contributed by atoms with Gasteiger partial charge in [0.1, 0.15) is 5.60 Å². The van der Waals surface area contributed by atoms with Gasteiger partial charge in [0.25, 0.3) is 0 Å². The highest BCUT2D eigenvalue weighted by Crippen LogP contribution is 2.42. The summed E-state index contributed by atoms with van der Waals surface area (Å²) in [6.07, 6.45) is 3.50. The van der Waals surface area contributed by atoms with E-state index in [-0.39, 0.29) is 23.3 Å². The summed E-state index contributed by atoms with van der Waals surface area (Å²) in [5.74, 6) is 0.245. The van der Waals surface area contributed by atoms with Crippen molar-refractivity contribution in [2.24, 2.45) is 5.92 Å². The number of hydrogen-bond acceptors (Lipinski definition) is 3. The molecular formula is C14H25NO2. The number of piperidine rings is 1. The van der Waals surface area contributed by atoms with E-state index in [1.165, 1.54) is 12.8 Å². The van der Waals surface area contributed by atoms with Crippen molar-refractivity contribution in [3.8, 4) is 0 Å². The SMILES string of the molecule is CC1CCCC(C2C(=O)C(C)(C)OC2(C)C)N1. The minimum Gasteiger partial charge on any atom is -0.361 e. The van der Waals surface area contributed by atoms with E-state index >= 15 is 0 Å². The third-order valence-corrected chi connectivity index (χ3v) is 4.20. The Hall–Kier alpha value is -0.410.